The highest BCUT2D eigenvalue weighted by atomic mass is 32.2. The number of nitrogens with one attached hydrogen (secondary N) is 1. The molecule has 1 aromatic rings. The molecule has 0 bridgehead atoms. The fourth-order valence-electron chi connectivity index (χ4n) is 0.958. The second-order valence-corrected chi connectivity index (χ2v) is 5.60. The maximum atomic E-state index is 10.6. The van der Waals surface area contributed by atoms with Crippen molar-refractivity contribution in [2.75, 3.05) is 12.3 Å². The third-order valence-corrected chi connectivity index (χ3v) is 3.45. The highest BCUT2D eigenvalue weighted by Crippen LogP contribution is 2.15. The fourth-order valence-corrected chi connectivity index (χ4v) is 2.01. The smallest absolute Gasteiger partial charge is 0.210 e. The molecule has 0 saturated carbocycles. The van der Waals surface area contributed by atoms with Crippen LogP contribution in [0.5, 0.6) is 0 Å². The molecule has 0 amide bonds. The zero-order valence-corrected chi connectivity index (χ0v) is 9.44. The Morgan fingerprint density at radius 3 is 2.93 bits per heavy atom. The molecule has 0 aliphatic carbocycles. The summed E-state index contributed by atoms with van der Waals surface area (Å²) in [5.41, 5.74) is 1.74. The van der Waals surface area contributed by atoms with Gasteiger partial charge in [0.25, 0.3) is 0 Å². The third-order valence-electron chi connectivity index (χ3n) is 1.72. The van der Waals surface area contributed by atoms with E-state index in [1.54, 1.807) is 11.7 Å². The lowest BCUT2D eigenvalue weighted by molar-refractivity contribution is 0.576. The molecule has 5 nitrogen and oxygen atoms in total. The van der Waals surface area contributed by atoms with Gasteiger partial charge in [-0.15, -0.1) is 11.3 Å². The number of primary sulfonamides is 1. The Morgan fingerprint density at radius 2 is 2.43 bits per heavy atom. The highest BCUT2D eigenvalue weighted by Gasteiger charge is 2.07. The van der Waals surface area contributed by atoms with Gasteiger partial charge < -0.3 is 5.32 Å². The molecule has 0 saturated heterocycles. The summed E-state index contributed by atoms with van der Waals surface area (Å²) in [5, 5.41) is 7.92. The van der Waals surface area contributed by atoms with Crippen LogP contribution in [0.1, 0.15) is 17.8 Å². The van der Waals surface area contributed by atoms with E-state index in [0.717, 1.165) is 4.88 Å². The fraction of sp³-hybridized carbons (Fsp3) is 0.571. The van der Waals surface area contributed by atoms with Gasteiger partial charge in [0.2, 0.25) is 10.0 Å². The molecule has 1 heterocycles. The highest BCUT2D eigenvalue weighted by molar-refractivity contribution is 7.89. The van der Waals surface area contributed by atoms with E-state index in [9.17, 15) is 8.42 Å². The van der Waals surface area contributed by atoms with E-state index in [1.807, 2.05) is 6.92 Å². The molecule has 1 atom stereocenters. The number of hydrogen-bond donors (Lipinski definition) is 2. The van der Waals surface area contributed by atoms with Crippen LogP contribution >= 0.6 is 11.3 Å². The summed E-state index contributed by atoms with van der Waals surface area (Å²) in [5.74, 6) is -0.0455. The van der Waals surface area contributed by atoms with Crippen LogP contribution in [0.3, 0.4) is 0 Å². The number of nitrogens with two attached hydrogens (primary N) is 1. The predicted octanol–water partition coefficient (Wildman–Crippen LogP) is 0.0822. The van der Waals surface area contributed by atoms with E-state index >= 15 is 0 Å². The van der Waals surface area contributed by atoms with Crippen molar-refractivity contribution in [3.05, 3.63) is 16.6 Å². The number of nitrogens with zero attached hydrogens (tertiary/aromatic N) is 1. The van der Waals surface area contributed by atoms with Gasteiger partial charge in [-0.2, -0.15) is 0 Å². The van der Waals surface area contributed by atoms with E-state index in [-0.39, 0.29) is 11.8 Å². The minimum Gasteiger partial charge on any atom is -0.308 e. The zero-order valence-electron chi connectivity index (χ0n) is 7.80. The topological polar surface area (TPSA) is 85.1 Å². The Labute approximate surface area is 87.4 Å². The number of aromatic nitrogens is 1. The Morgan fingerprint density at radius 1 is 1.71 bits per heavy atom. The molecule has 3 N–H and O–H groups in total. The zero-order chi connectivity index (χ0) is 10.6. The van der Waals surface area contributed by atoms with Gasteiger partial charge in [-0.3, -0.25) is 4.98 Å². The molecule has 0 fully saturated rings. The van der Waals surface area contributed by atoms with Crippen molar-refractivity contribution in [3.8, 4) is 0 Å². The first-order chi connectivity index (χ1) is 6.49. The Balaban J connectivity index is 2.33. The van der Waals surface area contributed by atoms with Crippen molar-refractivity contribution in [2.45, 2.75) is 13.0 Å². The molecule has 0 spiro atoms. The van der Waals surface area contributed by atoms with Gasteiger partial charge >= 0.3 is 0 Å². The standard InChI is InChI=1S/C7H13N3O2S2/c1-6(7-4-9-5-13-7)10-2-3-14(8,11)12/h4-6,10H,2-3H2,1H3,(H2,8,11,12). The Kier molecular flexibility index (Phi) is 3.99. The van der Waals surface area contributed by atoms with Crippen LogP contribution in [-0.4, -0.2) is 25.7 Å². The van der Waals surface area contributed by atoms with Gasteiger partial charge in [-0.25, -0.2) is 13.6 Å². The minimum atomic E-state index is -3.36. The molecule has 80 valence electrons. The van der Waals surface area contributed by atoms with E-state index in [0.29, 0.717) is 6.54 Å². The molecule has 0 radical (unpaired) electrons. The largest absolute Gasteiger partial charge is 0.308 e. The number of thiazole rings is 1. The van der Waals surface area contributed by atoms with E-state index in [4.69, 9.17) is 5.14 Å². The summed E-state index contributed by atoms with van der Waals surface area (Å²) in [6.07, 6.45) is 1.76. The van der Waals surface area contributed by atoms with Crippen LogP contribution in [-0.2, 0) is 10.0 Å². The first kappa shape index (κ1) is 11.6. The monoisotopic (exact) mass is 235 g/mol. The van der Waals surface area contributed by atoms with Crippen LogP contribution in [0, 0.1) is 0 Å². The molecule has 0 aromatic carbocycles. The maximum Gasteiger partial charge on any atom is 0.210 e. The molecule has 0 aliphatic heterocycles. The van der Waals surface area contributed by atoms with Crippen LogP contribution in [0.2, 0.25) is 0 Å². The third kappa shape index (κ3) is 4.14. The van der Waals surface area contributed by atoms with E-state index in [2.05, 4.69) is 10.3 Å². The van der Waals surface area contributed by atoms with Crippen LogP contribution in [0.25, 0.3) is 0 Å². The Hall–Kier alpha value is -0.500. The van der Waals surface area contributed by atoms with Crippen molar-refractivity contribution in [1.82, 2.24) is 10.3 Å². The van der Waals surface area contributed by atoms with Crippen molar-refractivity contribution < 1.29 is 8.42 Å². The van der Waals surface area contributed by atoms with E-state index in [1.165, 1.54) is 11.3 Å². The average molecular weight is 235 g/mol. The van der Waals surface area contributed by atoms with Gasteiger partial charge in [0, 0.05) is 23.7 Å². The van der Waals surface area contributed by atoms with Crippen molar-refractivity contribution in [2.24, 2.45) is 5.14 Å². The summed E-state index contributed by atoms with van der Waals surface area (Å²) < 4.78 is 21.3. The first-order valence-electron chi connectivity index (χ1n) is 4.11. The molecular weight excluding hydrogens is 222 g/mol. The second-order valence-electron chi connectivity index (χ2n) is 2.95. The summed E-state index contributed by atoms with van der Waals surface area (Å²) in [7, 11) is -3.36. The summed E-state index contributed by atoms with van der Waals surface area (Å²) in [6.45, 7) is 2.31. The number of hydrogen-bond acceptors (Lipinski definition) is 5. The van der Waals surface area contributed by atoms with Gasteiger partial charge in [-0.05, 0) is 6.92 Å². The first-order valence-corrected chi connectivity index (χ1v) is 6.71. The van der Waals surface area contributed by atoms with Gasteiger partial charge in [0.1, 0.15) is 0 Å². The summed E-state index contributed by atoms with van der Waals surface area (Å²) in [4.78, 5) is 5.02. The van der Waals surface area contributed by atoms with Crippen molar-refractivity contribution >= 4 is 21.4 Å². The normalized spacial score (nSPS) is 14.1. The van der Waals surface area contributed by atoms with Crippen LogP contribution in [0.15, 0.2) is 11.7 Å². The predicted molar refractivity (Wildman–Crippen MR) is 56.5 cm³/mol. The maximum absolute atomic E-state index is 10.6. The van der Waals surface area contributed by atoms with Crippen molar-refractivity contribution in [3.63, 3.8) is 0 Å². The number of sulfonamides is 1. The molecule has 1 aromatic heterocycles. The molecular formula is C7H13N3O2S2. The van der Waals surface area contributed by atoms with Crippen molar-refractivity contribution in [1.29, 1.82) is 0 Å². The molecule has 1 rings (SSSR count). The summed E-state index contributed by atoms with van der Waals surface area (Å²) >= 11 is 1.53. The average Bonchev–Trinajstić information content (AvgIpc) is 2.53. The molecule has 14 heavy (non-hydrogen) atoms. The Bertz CT molecular complexity index is 360. The minimum absolute atomic E-state index is 0.0455. The van der Waals surface area contributed by atoms with Crippen LogP contribution < -0.4 is 10.5 Å². The lowest BCUT2D eigenvalue weighted by Crippen LogP contribution is -2.28. The SMILES string of the molecule is CC(NCCS(N)(=O)=O)c1cncs1. The quantitative estimate of drug-likeness (QED) is 0.757. The lowest BCUT2D eigenvalue weighted by Gasteiger charge is -2.10. The molecule has 7 heteroatoms. The second kappa shape index (κ2) is 4.83. The van der Waals surface area contributed by atoms with Gasteiger partial charge in [-0.1, -0.05) is 0 Å². The number of rotatable bonds is 5. The van der Waals surface area contributed by atoms with E-state index < -0.39 is 10.0 Å². The lowest BCUT2D eigenvalue weighted by atomic mass is 10.3. The summed E-state index contributed by atoms with van der Waals surface area (Å²) in [6, 6.07) is 0.115. The van der Waals surface area contributed by atoms with Crippen LogP contribution in [0.4, 0.5) is 0 Å². The van der Waals surface area contributed by atoms with Gasteiger partial charge in [0.15, 0.2) is 0 Å². The molecule has 0 aliphatic rings. The van der Waals surface area contributed by atoms with Gasteiger partial charge in [0.05, 0.1) is 11.3 Å². The molecule has 1 unspecified atom stereocenters.